The molecule has 1 aromatic carbocycles. The highest BCUT2D eigenvalue weighted by Crippen LogP contribution is 2.25. The molecule has 0 saturated heterocycles. The summed E-state index contributed by atoms with van der Waals surface area (Å²) in [5, 5.41) is 18.8. The third-order valence-corrected chi connectivity index (χ3v) is 3.15. The van der Waals surface area contributed by atoms with Crippen LogP contribution in [-0.2, 0) is 11.2 Å². The van der Waals surface area contributed by atoms with E-state index in [1.807, 2.05) is 12.1 Å². The van der Waals surface area contributed by atoms with Crippen LogP contribution in [0.3, 0.4) is 0 Å². The average molecular weight is 266 g/mol. The normalized spacial score (nSPS) is 12.1. The molecule has 0 aliphatic carbocycles. The number of aliphatic hydroxyl groups is 1. The molecule has 4 heteroatoms. The van der Waals surface area contributed by atoms with Crippen molar-refractivity contribution < 1.29 is 19.7 Å². The smallest absolute Gasteiger partial charge is 0.148 e. The Bertz CT molecular complexity index is 390. The molecule has 1 atom stereocenters. The van der Waals surface area contributed by atoms with Gasteiger partial charge >= 0.3 is 0 Å². The Morgan fingerprint density at radius 1 is 1.26 bits per heavy atom. The third kappa shape index (κ3) is 5.75. The molecule has 0 aliphatic heterocycles. The number of aryl methyl sites for hydroxylation is 1. The van der Waals surface area contributed by atoms with E-state index in [2.05, 4.69) is 0 Å². The van der Waals surface area contributed by atoms with E-state index in [0.29, 0.717) is 18.5 Å². The van der Waals surface area contributed by atoms with E-state index in [0.717, 1.165) is 37.7 Å². The highest BCUT2D eigenvalue weighted by Gasteiger charge is 2.04. The van der Waals surface area contributed by atoms with Gasteiger partial charge in [-0.2, -0.15) is 0 Å². The number of unbranched alkanes of at least 4 members (excludes halogenated alkanes) is 3. The van der Waals surface area contributed by atoms with Crippen molar-refractivity contribution in [3.8, 4) is 11.5 Å². The molecule has 1 aromatic rings. The number of aromatic hydroxyl groups is 1. The van der Waals surface area contributed by atoms with Gasteiger partial charge in [0, 0.05) is 6.07 Å². The number of aldehydes is 1. The van der Waals surface area contributed by atoms with Gasteiger partial charge in [0.1, 0.15) is 23.9 Å². The number of aliphatic hydroxyl groups excluding tert-OH is 1. The Morgan fingerprint density at radius 3 is 2.63 bits per heavy atom. The van der Waals surface area contributed by atoms with Crippen LogP contribution in [0.2, 0.25) is 0 Å². The van der Waals surface area contributed by atoms with Crippen LogP contribution in [0.5, 0.6) is 11.5 Å². The zero-order chi connectivity index (χ0) is 14.1. The lowest BCUT2D eigenvalue weighted by Crippen LogP contribution is -2.06. The van der Waals surface area contributed by atoms with Gasteiger partial charge in [-0.25, -0.2) is 0 Å². The van der Waals surface area contributed by atoms with E-state index in [-0.39, 0.29) is 5.75 Å². The SMILES string of the molecule is COc1ccc(CCCCCCC(O)C=O)c(O)c1. The van der Waals surface area contributed by atoms with Gasteiger partial charge in [-0.3, -0.25) is 0 Å². The van der Waals surface area contributed by atoms with Crippen molar-refractivity contribution >= 4 is 6.29 Å². The van der Waals surface area contributed by atoms with E-state index < -0.39 is 6.10 Å². The summed E-state index contributed by atoms with van der Waals surface area (Å²) in [6.45, 7) is 0. The highest BCUT2D eigenvalue weighted by molar-refractivity contribution is 5.55. The van der Waals surface area contributed by atoms with E-state index in [9.17, 15) is 9.90 Å². The molecule has 0 aromatic heterocycles. The molecule has 1 unspecified atom stereocenters. The minimum atomic E-state index is -0.814. The largest absolute Gasteiger partial charge is 0.508 e. The van der Waals surface area contributed by atoms with Crippen LogP contribution in [-0.4, -0.2) is 29.7 Å². The summed E-state index contributed by atoms with van der Waals surface area (Å²) in [5.41, 5.74) is 0.925. The first-order chi connectivity index (χ1) is 9.17. The molecule has 0 heterocycles. The zero-order valence-corrected chi connectivity index (χ0v) is 11.3. The second kappa shape index (κ2) is 8.53. The fourth-order valence-electron chi connectivity index (χ4n) is 1.97. The molecule has 0 radical (unpaired) electrons. The number of rotatable bonds is 9. The minimum absolute atomic E-state index is 0.274. The van der Waals surface area contributed by atoms with Crippen molar-refractivity contribution in [2.24, 2.45) is 0 Å². The van der Waals surface area contributed by atoms with Gasteiger partial charge in [0.15, 0.2) is 0 Å². The van der Waals surface area contributed by atoms with Gasteiger partial charge in [0.2, 0.25) is 0 Å². The number of hydrogen-bond donors (Lipinski definition) is 2. The van der Waals surface area contributed by atoms with E-state index in [1.165, 1.54) is 0 Å². The van der Waals surface area contributed by atoms with Crippen LogP contribution >= 0.6 is 0 Å². The first-order valence-corrected chi connectivity index (χ1v) is 6.66. The minimum Gasteiger partial charge on any atom is -0.508 e. The lowest BCUT2D eigenvalue weighted by atomic mass is 10.0. The predicted molar refractivity (Wildman–Crippen MR) is 73.5 cm³/mol. The maximum atomic E-state index is 10.2. The maximum Gasteiger partial charge on any atom is 0.148 e. The van der Waals surface area contributed by atoms with Crippen LogP contribution in [0.15, 0.2) is 18.2 Å². The number of hydrogen-bond acceptors (Lipinski definition) is 4. The van der Waals surface area contributed by atoms with Gasteiger partial charge in [-0.1, -0.05) is 25.3 Å². The molecular formula is C15H22O4. The Morgan fingerprint density at radius 2 is 2.00 bits per heavy atom. The van der Waals surface area contributed by atoms with Gasteiger partial charge in [0.25, 0.3) is 0 Å². The van der Waals surface area contributed by atoms with Gasteiger partial charge < -0.3 is 19.7 Å². The zero-order valence-electron chi connectivity index (χ0n) is 11.3. The lowest BCUT2D eigenvalue weighted by Gasteiger charge is -2.07. The molecule has 2 N–H and O–H groups in total. The first kappa shape index (κ1) is 15.5. The molecule has 0 aliphatic rings. The van der Waals surface area contributed by atoms with Crippen LogP contribution in [0.25, 0.3) is 0 Å². The van der Waals surface area contributed by atoms with Gasteiger partial charge in [0.05, 0.1) is 7.11 Å². The third-order valence-electron chi connectivity index (χ3n) is 3.15. The number of phenols is 1. The summed E-state index contributed by atoms with van der Waals surface area (Å²) >= 11 is 0. The molecule has 4 nitrogen and oxygen atoms in total. The van der Waals surface area contributed by atoms with Crippen molar-refractivity contribution in [1.82, 2.24) is 0 Å². The number of phenolic OH excluding ortho intramolecular Hbond substituents is 1. The summed E-state index contributed by atoms with van der Waals surface area (Å²) < 4.78 is 5.03. The monoisotopic (exact) mass is 266 g/mol. The summed E-state index contributed by atoms with van der Waals surface area (Å²) in [4.78, 5) is 10.2. The van der Waals surface area contributed by atoms with E-state index >= 15 is 0 Å². The summed E-state index contributed by atoms with van der Waals surface area (Å²) in [6.07, 6.45) is 4.98. The van der Waals surface area contributed by atoms with Crippen LogP contribution in [0, 0.1) is 0 Å². The standard InChI is InChI=1S/C15H22O4/c1-19-14-9-8-12(15(18)10-14)6-4-2-3-5-7-13(17)11-16/h8-11,13,17-18H,2-7H2,1H3. The van der Waals surface area contributed by atoms with Crippen molar-refractivity contribution in [2.45, 2.75) is 44.6 Å². The van der Waals surface area contributed by atoms with Crippen LogP contribution in [0.4, 0.5) is 0 Å². The first-order valence-electron chi connectivity index (χ1n) is 6.66. The second-order valence-electron chi connectivity index (χ2n) is 4.65. The molecule has 0 bridgehead atoms. The topological polar surface area (TPSA) is 66.8 Å². The number of carbonyl (C=O) groups is 1. The molecule has 106 valence electrons. The lowest BCUT2D eigenvalue weighted by molar-refractivity contribution is -0.115. The average Bonchev–Trinajstić information content (AvgIpc) is 2.43. The maximum absolute atomic E-state index is 10.2. The number of methoxy groups -OCH3 is 1. The molecule has 0 amide bonds. The van der Waals surface area contributed by atoms with Crippen LogP contribution in [0.1, 0.15) is 37.7 Å². The molecule has 19 heavy (non-hydrogen) atoms. The molecule has 1 rings (SSSR count). The predicted octanol–water partition coefficient (Wildman–Crippen LogP) is 2.45. The summed E-state index contributed by atoms with van der Waals surface area (Å²) in [6, 6.07) is 5.34. The number of ether oxygens (including phenoxy) is 1. The quantitative estimate of drug-likeness (QED) is 0.532. The fourth-order valence-corrected chi connectivity index (χ4v) is 1.97. The summed E-state index contributed by atoms with van der Waals surface area (Å²) in [5.74, 6) is 0.930. The van der Waals surface area contributed by atoms with Crippen molar-refractivity contribution in [3.05, 3.63) is 23.8 Å². The van der Waals surface area contributed by atoms with E-state index in [1.54, 1.807) is 13.2 Å². The Balaban J connectivity index is 2.20. The molecular weight excluding hydrogens is 244 g/mol. The molecule has 0 fully saturated rings. The van der Waals surface area contributed by atoms with Crippen molar-refractivity contribution in [3.63, 3.8) is 0 Å². The van der Waals surface area contributed by atoms with Crippen LogP contribution < -0.4 is 4.74 Å². The Labute approximate surface area is 114 Å². The number of carbonyl (C=O) groups excluding carboxylic acids is 1. The van der Waals surface area contributed by atoms with Crippen molar-refractivity contribution in [2.75, 3.05) is 7.11 Å². The van der Waals surface area contributed by atoms with Gasteiger partial charge in [-0.05, 0) is 30.9 Å². The highest BCUT2D eigenvalue weighted by atomic mass is 16.5. The van der Waals surface area contributed by atoms with Gasteiger partial charge in [-0.15, -0.1) is 0 Å². The fraction of sp³-hybridized carbons (Fsp3) is 0.533. The Hall–Kier alpha value is -1.55. The van der Waals surface area contributed by atoms with E-state index in [4.69, 9.17) is 9.84 Å². The molecule has 0 spiro atoms. The molecule has 0 saturated carbocycles. The Kier molecular flexibility index (Phi) is 6.97. The summed E-state index contributed by atoms with van der Waals surface area (Å²) in [7, 11) is 1.57. The second-order valence-corrected chi connectivity index (χ2v) is 4.65. The number of benzene rings is 1. The van der Waals surface area contributed by atoms with Crippen molar-refractivity contribution in [1.29, 1.82) is 0 Å².